The van der Waals surface area contributed by atoms with Crippen LogP contribution in [0.25, 0.3) is 0 Å². The lowest BCUT2D eigenvalue weighted by Crippen LogP contribution is -2.44. The average molecular weight is 496 g/mol. The molecule has 8 nitrogen and oxygen atoms in total. The van der Waals surface area contributed by atoms with Gasteiger partial charge in [-0.1, -0.05) is 17.7 Å². The van der Waals surface area contributed by atoms with Gasteiger partial charge in [-0.15, -0.1) is 4.83 Å². The Morgan fingerprint density at radius 2 is 1.71 bits per heavy atom. The van der Waals surface area contributed by atoms with E-state index in [1.54, 1.807) is 38.5 Å². The number of nitrogens with one attached hydrogen (secondary N) is 2. The van der Waals surface area contributed by atoms with E-state index in [-0.39, 0.29) is 16.7 Å². The number of Topliss-reactive ketones (excluding diaryl/α,β-unsaturated/α-hetero) is 1. The molecule has 5 rings (SSSR count). The first-order valence-corrected chi connectivity index (χ1v) is 13.1. The number of benzene rings is 2. The minimum atomic E-state index is -3.83. The van der Waals surface area contributed by atoms with Crippen LogP contribution in [0, 0.1) is 6.92 Å². The Morgan fingerprint density at radius 3 is 2.43 bits per heavy atom. The normalized spacial score (nSPS) is 19.4. The molecule has 1 aliphatic carbocycles. The van der Waals surface area contributed by atoms with Gasteiger partial charge in [-0.05, 0) is 67.7 Å². The maximum absolute atomic E-state index is 13.0. The van der Waals surface area contributed by atoms with Crippen LogP contribution in [-0.2, 0) is 21.2 Å². The standard InChI is InChI=1S/C26H29N3O5S/c1-16-7-9-18(10-8-16)35(31,32)28-27-20-15-22-19-14-25(34-3)24(33-2)13-17(19)11-12-29(22)21-5-4-6-23(30)26(20)21/h7-10,13-15,22,27-28H,4-6,11-12H2,1-3H3/t22-/m1/s1. The number of methoxy groups -OCH3 is 2. The number of hydrogen-bond donors (Lipinski definition) is 2. The summed E-state index contributed by atoms with van der Waals surface area (Å²) < 4.78 is 36.9. The average Bonchev–Trinajstić information content (AvgIpc) is 2.86. The summed E-state index contributed by atoms with van der Waals surface area (Å²) in [6.07, 6.45) is 4.74. The first-order valence-electron chi connectivity index (χ1n) is 11.7. The highest BCUT2D eigenvalue weighted by atomic mass is 32.2. The van der Waals surface area contributed by atoms with Gasteiger partial charge in [-0.2, -0.15) is 0 Å². The van der Waals surface area contributed by atoms with Gasteiger partial charge in [0.15, 0.2) is 17.3 Å². The molecule has 2 aromatic rings. The summed E-state index contributed by atoms with van der Waals surface area (Å²) in [6.45, 7) is 2.66. The molecule has 0 unspecified atom stereocenters. The number of ketones is 1. The number of carbonyl (C=O) groups is 1. The van der Waals surface area contributed by atoms with Crippen molar-refractivity contribution in [1.82, 2.24) is 15.2 Å². The molecule has 3 aliphatic rings. The highest BCUT2D eigenvalue weighted by Crippen LogP contribution is 2.45. The van der Waals surface area contributed by atoms with Crippen molar-refractivity contribution in [2.75, 3.05) is 20.8 Å². The summed E-state index contributed by atoms with van der Waals surface area (Å²) in [5.74, 6) is 1.34. The molecule has 0 saturated heterocycles. The largest absolute Gasteiger partial charge is 0.493 e. The van der Waals surface area contributed by atoms with E-state index in [4.69, 9.17) is 9.47 Å². The molecule has 184 valence electrons. The lowest BCUT2D eigenvalue weighted by Gasteiger charge is -2.44. The third kappa shape index (κ3) is 4.19. The first-order chi connectivity index (χ1) is 16.8. The third-order valence-corrected chi connectivity index (χ3v) is 8.16. The number of aryl methyl sites for hydroxylation is 1. The Labute approximate surface area is 205 Å². The van der Waals surface area contributed by atoms with E-state index in [2.05, 4.69) is 15.2 Å². The van der Waals surface area contributed by atoms with E-state index in [0.29, 0.717) is 29.2 Å². The second-order valence-corrected chi connectivity index (χ2v) is 10.7. The molecule has 0 saturated carbocycles. The van der Waals surface area contributed by atoms with Crippen LogP contribution in [0.3, 0.4) is 0 Å². The fourth-order valence-electron chi connectivity index (χ4n) is 5.12. The van der Waals surface area contributed by atoms with Gasteiger partial charge < -0.3 is 19.8 Å². The summed E-state index contributed by atoms with van der Waals surface area (Å²) >= 11 is 0. The number of hydrazine groups is 1. The van der Waals surface area contributed by atoms with Crippen molar-refractivity contribution in [2.24, 2.45) is 0 Å². The molecule has 2 aromatic carbocycles. The fourth-order valence-corrected chi connectivity index (χ4v) is 5.98. The number of nitrogens with zero attached hydrogens (tertiary/aromatic N) is 1. The van der Waals surface area contributed by atoms with Crippen molar-refractivity contribution in [3.05, 3.63) is 76.1 Å². The van der Waals surface area contributed by atoms with Crippen molar-refractivity contribution in [3.8, 4) is 11.5 Å². The SMILES string of the molecule is COc1cc2c(cc1OC)[C@H]1C=C(NNS(=O)(=O)c3ccc(C)cc3)C3=C(CCCC3=O)N1CC2. The summed E-state index contributed by atoms with van der Waals surface area (Å²) in [4.78, 5) is 17.9. The Balaban J connectivity index is 1.53. The van der Waals surface area contributed by atoms with Crippen molar-refractivity contribution in [3.63, 3.8) is 0 Å². The summed E-state index contributed by atoms with van der Waals surface area (Å²) in [5.41, 5.74) is 8.08. The topological polar surface area (TPSA) is 97.0 Å². The van der Waals surface area contributed by atoms with E-state index in [0.717, 1.165) is 48.2 Å². The second-order valence-electron chi connectivity index (χ2n) is 9.02. The minimum Gasteiger partial charge on any atom is -0.493 e. The van der Waals surface area contributed by atoms with Crippen molar-refractivity contribution in [2.45, 2.75) is 43.5 Å². The molecule has 9 heteroatoms. The van der Waals surface area contributed by atoms with Crippen LogP contribution in [0.2, 0.25) is 0 Å². The quantitative estimate of drug-likeness (QED) is 0.594. The maximum Gasteiger partial charge on any atom is 0.257 e. The van der Waals surface area contributed by atoms with Crippen LogP contribution in [0.1, 0.15) is 42.0 Å². The van der Waals surface area contributed by atoms with Crippen LogP contribution in [0.5, 0.6) is 11.5 Å². The van der Waals surface area contributed by atoms with E-state index in [1.165, 1.54) is 0 Å². The van der Waals surface area contributed by atoms with Crippen LogP contribution in [-0.4, -0.2) is 39.9 Å². The summed E-state index contributed by atoms with van der Waals surface area (Å²) in [6, 6.07) is 10.4. The molecule has 0 spiro atoms. The van der Waals surface area contributed by atoms with Gasteiger partial charge in [0.1, 0.15) is 0 Å². The monoisotopic (exact) mass is 495 g/mol. The maximum atomic E-state index is 13.0. The zero-order valence-electron chi connectivity index (χ0n) is 20.1. The molecule has 0 fully saturated rings. The van der Waals surface area contributed by atoms with Gasteiger partial charge in [-0.3, -0.25) is 4.79 Å². The predicted octanol–water partition coefficient (Wildman–Crippen LogP) is 3.30. The number of allylic oxidation sites excluding steroid dienone is 2. The Bertz CT molecular complexity index is 1350. The summed E-state index contributed by atoms with van der Waals surface area (Å²) in [7, 11) is -0.603. The molecule has 2 heterocycles. The van der Waals surface area contributed by atoms with E-state index < -0.39 is 10.0 Å². The Hall–Kier alpha value is -3.30. The molecule has 2 N–H and O–H groups in total. The van der Waals surface area contributed by atoms with Crippen molar-refractivity contribution >= 4 is 15.8 Å². The van der Waals surface area contributed by atoms with Crippen molar-refractivity contribution in [1.29, 1.82) is 0 Å². The molecular weight excluding hydrogens is 466 g/mol. The lowest BCUT2D eigenvalue weighted by atomic mass is 9.82. The van der Waals surface area contributed by atoms with Gasteiger partial charge in [0, 0.05) is 18.7 Å². The third-order valence-electron chi connectivity index (χ3n) is 6.90. The predicted molar refractivity (Wildman–Crippen MR) is 131 cm³/mol. The zero-order valence-corrected chi connectivity index (χ0v) is 20.9. The molecular formula is C26H29N3O5S. The second kappa shape index (κ2) is 9.05. The Morgan fingerprint density at radius 1 is 1.00 bits per heavy atom. The molecule has 0 aromatic heterocycles. The first kappa shape index (κ1) is 23.4. The molecule has 35 heavy (non-hydrogen) atoms. The number of ether oxygens (including phenoxy) is 2. The number of fused-ring (bicyclic) bond motifs is 4. The van der Waals surface area contributed by atoms with Gasteiger partial charge >= 0.3 is 0 Å². The van der Waals surface area contributed by atoms with Crippen LogP contribution in [0.4, 0.5) is 0 Å². The number of sulfonamides is 1. The number of carbonyl (C=O) groups excluding carboxylic acids is 1. The highest BCUT2D eigenvalue weighted by Gasteiger charge is 2.38. The van der Waals surface area contributed by atoms with Crippen LogP contribution >= 0.6 is 0 Å². The minimum absolute atomic E-state index is 0.0242. The Kier molecular flexibility index (Phi) is 6.06. The molecule has 0 radical (unpaired) electrons. The lowest BCUT2D eigenvalue weighted by molar-refractivity contribution is -0.116. The molecule has 0 bridgehead atoms. The smallest absolute Gasteiger partial charge is 0.257 e. The zero-order chi connectivity index (χ0) is 24.7. The highest BCUT2D eigenvalue weighted by molar-refractivity contribution is 7.89. The molecule has 0 amide bonds. The summed E-state index contributed by atoms with van der Waals surface area (Å²) in [5, 5.41) is 0. The number of rotatable bonds is 6. The van der Waals surface area contributed by atoms with E-state index >= 15 is 0 Å². The molecule has 1 atom stereocenters. The number of hydrogen-bond acceptors (Lipinski definition) is 7. The van der Waals surface area contributed by atoms with E-state index in [9.17, 15) is 13.2 Å². The van der Waals surface area contributed by atoms with Gasteiger partial charge in [0.25, 0.3) is 10.0 Å². The van der Waals surface area contributed by atoms with E-state index in [1.807, 2.05) is 25.1 Å². The fraction of sp³-hybridized carbons (Fsp3) is 0.346. The van der Waals surface area contributed by atoms with Gasteiger partial charge in [0.2, 0.25) is 0 Å². The van der Waals surface area contributed by atoms with Gasteiger partial charge in [0.05, 0.1) is 36.4 Å². The van der Waals surface area contributed by atoms with Gasteiger partial charge in [-0.25, -0.2) is 8.42 Å². The molecule has 2 aliphatic heterocycles. The van der Waals surface area contributed by atoms with Crippen LogP contribution in [0.15, 0.2) is 64.3 Å². The van der Waals surface area contributed by atoms with Crippen molar-refractivity contribution < 1.29 is 22.7 Å². The van der Waals surface area contributed by atoms with Crippen LogP contribution < -0.4 is 19.7 Å².